The first-order valence-electron chi connectivity index (χ1n) is 7.17. The summed E-state index contributed by atoms with van der Waals surface area (Å²) in [5.41, 5.74) is 3.57. The number of nitrogens with one attached hydrogen (secondary N) is 1. The summed E-state index contributed by atoms with van der Waals surface area (Å²) in [6.45, 7) is 3.67. The summed E-state index contributed by atoms with van der Waals surface area (Å²) in [7, 11) is 0. The number of nitrogens with zero attached hydrogens (tertiary/aromatic N) is 1. The lowest BCUT2D eigenvalue weighted by Gasteiger charge is -2.09. The second-order valence-corrected chi connectivity index (χ2v) is 4.97. The van der Waals surface area contributed by atoms with Crippen LogP contribution in [0.1, 0.15) is 25.3 Å². The molecule has 1 unspecified atom stereocenters. The highest BCUT2D eigenvalue weighted by molar-refractivity contribution is 5.62. The molecule has 0 saturated heterocycles. The number of benzene rings is 1. The summed E-state index contributed by atoms with van der Waals surface area (Å²) in [6.07, 6.45) is 5.10. The normalized spacial score (nSPS) is 12.3. The molecule has 2 N–H and O–H groups in total. The molecule has 3 heteroatoms. The smallest absolute Gasteiger partial charge is 0.0549 e. The molecule has 0 radical (unpaired) electrons. The minimum Gasteiger partial charge on any atom is -0.393 e. The van der Waals surface area contributed by atoms with Crippen LogP contribution in [0.2, 0.25) is 0 Å². The summed E-state index contributed by atoms with van der Waals surface area (Å²) in [6, 6.07) is 12.5. The zero-order chi connectivity index (χ0) is 14.2. The summed E-state index contributed by atoms with van der Waals surface area (Å²) < 4.78 is 0. The second kappa shape index (κ2) is 7.78. The average Bonchev–Trinajstić information content (AvgIpc) is 2.52. The van der Waals surface area contributed by atoms with Crippen molar-refractivity contribution in [2.75, 3.05) is 6.54 Å². The van der Waals surface area contributed by atoms with Gasteiger partial charge in [-0.2, -0.15) is 0 Å². The van der Waals surface area contributed by atoms with Crippen molar-refractivity contribution in [1.82, 2.24) is 10.3 Å². The number of rotatable bonds is 7. The lowest BCUT2D eigenvalue weighted by Crippen LogP contribution is -2.19. The van der Waals surface area contributed by atoms with Gasteiger partial charge in [0.25, 0.3) is 0 Å². The SMILES string of the molecule is CCC(O)CCNCc1cccc(-c2cccnc2)c1. The van der Waals surface area contributed by atoms with Gasteiger partial charge in [-0.1, -0.05) is 31.2 Å². The van der Waals surface area contributed by atoms with Crippen molar-refractivity contribution in [3.63, 3.8) is 0 Å². The van der Waals surface area contributed by atoms with Gasteiger partial charge < -0.3 is 10.4 Å². The van der Waals surface area contributed by atoms with Crippen molar-refractivity contribution in [2.45, 2.75) is 32.4 Å². The highest BCUT2D eigenvalue weighted by Gasteiger charge is 2.01. The topological polar surface area (TPSA) is 45.1 Å². The van der Waals surface area contributed by atoms with Crippen LogP contribution in [0.5, 0.6) is 0 Å². The third-order valence-corrected chi connectivity index (χ3v) is 3.38. The molecule has 106 valence electrons. The molecule has 0 fully saturated rings. The van der Waals surface area contributed by atoms with E-state index in [4.69, 9.17) is 0 Å². The highest BCUT2D eigenvalue weighted by Crippen LogP contribution is 2.19. The van der Waals surface area contributed by atoms with E-state index in [9.17, 15) is 5.11 Å². The van der Waals surface area contributed by atoms with E-state index in [-0.39, 0.29) is 6.10 Å². The molecule has 1 aromatic carbocycles. The van der Waals surface area contributed by atoms with Crippen LogP contribution in [0.25, 0.3) is 11.1 Å². The Bertz CT molecular complexity index is 513. The standard InChI is InChI=1S/C17H22N2O/c1-2-17(20)8-10-19-12-14-5-3-6-15(11-14)16-7-4-9-18-13-16/h3-7,9,11,13,17,19-20H,2,8,10,12H2,1H3. The van der Waals surface area contributed by atoms with Crippen LogP contribution in [0.3, 0.4) is 0 Å². The van der Waals surface area contributed by atoms with Crippen LogP contribution in [-0.4, -0.2) is 22.7 Å². The minimum atomic E-state index is -0.191. The maximum Gasteiger partial charge on any atom is 0.0549 e. The van der Waals surface area contributed by atoms with E-state index in [2.05, 4.69) is 40.6 Å². The van der Waals surface area contributed by atoms with E-state index in [1.807, 2.05) is 19.2 Å². The van der Waals surface area contributed by atoms with Gasteiger partial charge in [0.2, 0.25) is 0 Å². The van der Waals surface area contributed by atoms with Gasteiger partial charge in [0.1, 0.15) is 0 Å². The Morgan fingerprint density at radius 3 is 2.80 bits per heavy atom. The molecule has 0 bridgehead atoms. The first-order chi connectivity index (χ1) is 9.79. The highest BCUT2D eigenvalue weighted by atomic mass is 16.3. The number of aliphatic hydroxyl groups excluding tert-OH is 1. The van der Waals surface area contributed by atoms with Crippen molar-refractivity contribution in [2.24, 2.45) is 0 Å². The first-order valence-corrected chi connectivity index (χ1v) is 7.17. The molecular formula is C17H22N2O. The molecule has 2 rings (SSSR count). The fourth-order valence-corrected chi connectivity index (χ4v) is 2.10. The first kappa shape index (κ1) is 14.7. The molecular weight excluding hydrogens is 248 g/mol. The lowest BCUT2D eigenvalue weighted by atomic mass is 10.0. The van der Waals surface area contributed by atoms with E-state index < -0.39 is 0 Å². The van der Waals surface area contributed by atoms with Crippen molar-refractivity contribution < 1.29 is 5.11 Å². The van der Waals surface area contributed by atoms with Crippen molar-refractivity contribution in [3.8, 4) is 11.1 Å². The summed E-state index contributed by atoms with van der Waals surface area (Å²) in [4.78, 5) is 4.15. The average molecular weight is 270 g/mol. The quantitative estimate of drug-likeness (QED) is 0.760. The van der Waals surface area contributed by atoms with Crippen molar-refractivity contribution in [1.29, 1.82) is 0 Å². The van der Waals surface area contributed by atoms with Crippen LogP contribution in [0, 0.1) is 0 Å². The summed E-state index contributed by atoms with van der Waals surface area (Å²) >= 11 is 0. The van der Waals surface area contributed by atoms with Crippen molar-refractivity contribution in [3.05, 3.63) is 54.4 Å². The number of aliphatic hydroxyl groups is 1. The Kier molecular flexibility index (Phi) is 5.71. The van der Waals surface area contributed by atoms with Gasteiger partial charge in [-0.3, -0.25) is 4.98 Å². The number of hydrogen-bond acceptors (Lipinski definition) is 3. The number of hydrogen-bond donors (Lipinski definition) is 2. The van der Waals surface area contributed by atoms with Crippen LogP contribution < -0.4 is 5.32 Å². The van der Waals surface area contributed by atoms with E-state index in [1.165, 1.54) is 11.1 Å². The molecule has 1 atom stereocenters. The number of pyridine rings is 1. The molecule has 3 nitrogen and oxygen atoms in total. The fourth-order valence-electron chi connectivity index (χ4n) is 2.10. The molecule has 20 heavy (non-hydrogen) atoms. The third-order valence-electron chi connectivity index (χ3n) is 3.38. The van der Waals surface area contributed by atoms with Gasteiger partial charge in [0.05, 0.1) is 6.10 Å². The monoisotopic (exact) mass is 270 g/mol. The van der Waals surface area contributed by atoms with Crippen LogP contribution in [0.4, 0.5) is 0 Å². The Hall–Kier alpha value is -1.71. The Morgan fingerprint density at radius 1 is 1.20 bits per heavy atom. The van der Waals surface area contributed by atoms with E-state index >= 15 is 0 Å². The van der Waals surface area contributed by atoms with Crippen LogP contribution in [-0.2, 0) is 6.54 Å². The van der Waals surface area contributed by atoms with Gasteiger partial charge in [-0.05, 0) is 48.2 Å². The van der Waals surface area contributed by atoms with Gasteiger partial charge in [-0.15, -0.1) is 0 Å². The predicted molar refractivity (Wildman–Crippen MR) is 82.3 cm³/mol. The largest absolute Gasteiger partial charge is 0.393 e. The van der Waals surface area contributed by atoms with E-state index in [1.54, 1.807) is 6.20 Å². The molecule has 2 aromatic rings. The minimum absolute atomic E-state index is 0.191. The zero-order valence-corrected chi connectivity index (χ0v) is 11.9. The molecule has 1 aromatic heterocycles. The van der Waals surface area contributed by atoms with Gasteiger partial charge in [-0.25, -0.2) is 0 Å². The number of aromatic nitrogens is 1. The maximum absolute atomic E-state index is 9.50. The predicted octanol–water partition coefficient (Wildman–Crippen LogP) is 3.00. The molecule has 0 aliphatic carbocycles. The summed E-state index contributed by atoms with van der Waals surface area (Å²) in [5, 5.41) is 12.9. The molecule has 1 heterocycles. The lowest BCUT2D eigenvalue weighted by molar-refractivity contribution is 0.159. The Balaban J connectivity index is 1.90. The van der Waals surface area contributed by atoms with Crippen LogP contribution >= 0.6 is 0 Å². The van der Waals surface area contributed by atoms with Crippen LogP contribution in [0.15, 0.2) is 48.8 Å². The molecule has 0 amide bonds. The molecule has 0 spiro atoms. The maximum atomic E-state index is 9.50. The molecule has 0 aliphatic rings. The van der Waals surface area contributed by atoms with Gasteiger partial charge in [0, 0.05) is 18.9 Å². The second-order valence-electron chi connectivity index (χ2n) is 4.97. The Morgan fingerprint density at radius 2 is 2.05 bits per heavy atom. The van der Waals surface area contributed by atoms with Crippen molar-refractivity contribution >= 4 is 0 Å². The fraction of sp³-hybridized carbons (Fsp3) is 0.353. The zero-order valence-electron chi connectivity index (χ0n) is 11.9. The molecule has 0 saturated carbocycles. The Labute approximate surface area is 120 Å². The van der Waals surface area contributed by atoms with E-state index in [0.29, 0.717) is 0 Å². The summed E-state index contributed by atoms with van der Waals surface area (Å²) in [5.74, 6) is 0. The van der Waals surface area contributed by atoms with E-state index in [0.717, 1.165) is 31.5 Å². The van der Waals surface area contributed by atoms with Gasteiger partial charge >= 0.3 is 0 Å². The third kappa shape index (κ3) is 4.44. The van der Waals surface area contributed by atoms with Gasteiger partial charge in [0.15, 0.2) is 0 Å². The molecule has 0 aliphatic heterocycles.